The molecule has 0 spiro atoms. The lowest BCUT2D eigenvalue weighted by Gasteiger charge is -2.11. The highest BCUT2D eigenvalue weighted by atomic mass is 16.6. The Labute approximate surface area is 155 Å². The van der Waals surface area contributed by atoms with Gasteiger partial charge in [0.1, 0.15) is 0 Å². The van der Waals surface area contributed by atoms with Crippen molar-refractivity contribution >= 4 is 11.9 Å². The number of ether oxygens (including phenoxy) is 1. The number of cyclic esters (lactones) is 2. The highest BCUT2D eigenvalue weighted by Gasteiger charge is 2.32. The lowest BCUT2D eigenvalue weighted by atomic mass is 9.94. The van der Waals surface area contributed by atoms with Crippen molar-refractivity contribution in [3.8, 4) is 0 Å². The molecule has 0 aromatic rings. The Morgan fingerprint density at radius 1 is 0.840 bits per heavy atom. The van der Waals surface area contributed by atoms with Crippen molar-refractivity contribution in [1.82, 2.24) is 0 Å². The first-order chi connectivity index (χ1) is 12.1. The number of carbonyl (C=O) groups is 2. The van der Waals surface area contributed by atoms with Crippen molar-refractivity contribution in [2.45, 2.75) is 117 Å². The molecule has 1 aliphatic rings. The molecule has 146 valence electrons. The molecule has 1 aliphatic heterocycles. The lowest BCUT2D eigenvalue weighted by Crippen LogP contribution is -2.07. The molecule has 0 aromatic heterocycles. The summed E-state index contributed by atoms with van der Waals surface area (Å²) in [5, 5.41) is 0. The maximum atomic E-state index is 11.4. The van der Waals surface area contributed by atoms with Crippen molar-refractivity contribution in [2.75, 3.05) is 0 Å². The summed E-state index contributed by atoms with van der Waals surface area (Å²) < 4.78 is 4.59. The van der Waals surface area contributed by atoms with Crippen LogP contribution in [0.5, 0.6) is 0 Å². The molecule has 1 fully saturated rings. The first-order valence-corrected chi connectivity index (χ1v) is 10.9. The standard InChI is InChI=1S/C22H40O3/c1-3-4-5-6-7-8-9-10-11-12-15-19(2)16-13-14-17-20-18-21(23)25-22(20)24/h19-20H,3-18H2,1-2H3. The molecule has 1 rings (SSSR count). The van der Waals surface area contributed by atoms with Gasteiger partial charge in [0, 0.05) is 0 Å². The fourth-order valence-corrected chi connectivity index (χ4v) is 3.75. The monoisotopic (exact) mass is 352 g/mol. The number of hydrogen-bond donors (Lipinski definition) is 0. The van der Waals surface area contributed by atoms with Gasteiger partial charge in [-0.3, -0.25) is 9.59 Å². The van der Waals surface area contributed by atoms with Gasteiger partial charge in [-0.2, -0.15) is 0 Å². The van der Waals surface area contributed by atoms with E-state index < -0.39 is 0 Å². The lowest BCUT2D eigenvalue weighted by molar-refractivity contribution is -0.153. The van der Waals surface area contributed by atoms with Crippen LogP contribution in [0.4, 0.5) is 0 Å². The highest BCUT2D eigenvalue weighted by molar-refractivity contribution is 5.94. The molecule has 2 unspecified atom stereocenters. The van der Waals surface area contributed by atoms with E-state index in [1.54, 1.807) is 0 Å². The Morgan fingerprint density at radius 2 is 1.36 bits per heavy atom. The predicted octanol–water partition coefficient (Wildman–Crippen LogP) is 6.58. The van der Waals surface area contributed by atoms with E-state index in [1.165, 1.54) is 77.0 Å². The van der Waals surface area contributed by atoms with Gasteiger partial charge in [0.15, 0.2) is 0 Å². The Balaban J connectivity index is 1.83. The molecular formula is C22H40O3. The molecule has 0 saturated carbocycles. The Hall–Kier alpha value is -0.860. The quantitative estimate of drug-likeness (QED) is 0.179. The minimum atomic E-state index is -0.343. The third-order valence-corrected chi connectivity index (χ3v) is 5.51. The van der Waals surface area contributed by atoms with Crippen molar-refractivity contribution in [3.63, 3.8) is 0 Å². The summed E-state index contributed by atoms with van der Waals surface area (Å²) in [5.74, 6) is -0.0243. The third-order valence-electron chi connectivity index (χ3n) is 5.51. The van der Waals surface area contributed by atoms with Gasteiger partial charge < -0.3 is 4.74 Å². The zero-order valence-electron chi connectivity index (χ0n) is 16.7. The summed E-state index contributed by atoms with van der Waals surface area (Å²) >= 11 is 0. The molecule has 25 heavy (non-hydrogen) atoms. The van der Waals surface area contributed by atoms with E-state index in [0.29, 0.717) is 6.42 Å². The van der Waals surface area contributed by atoms with E-state index in [9.17, 15) is 9.59 Å². The van der Waals surface area contributed by atoms with Crippen LogP contribution in [0.25, 0.3) is 0 Å². The zero-order chi connectivity index (χ0) is 18.3. The SMILES string of the molecule is CCCCCCCCCCCCC(C)CCCCC1CC(=O)OC1=O. The third kappa shape index (κ3) is 11.4. The van der Waals surface area contributed by atoms with E-state index in [4.69, 9.17) is 0 Å². The van der Waals surface area contributed by atoms with Gasteiger partial charge in [-0.1, -0.05) is 104 Å². The fourth-order valence-electron chi connectivity index (χ4n) is 3.75. The van der Waals surface area contributed by atoms with Crippen LogP contribution >= 0.6 is 0 Å². The van der Waals surface area contributed by atoms with Crippen molar-refractivity contribution in [3.05, 3.63) is 0 Å². The van der Waals surface area contributed by atoms with Crippen LogP contribution in [-0.4, -0.2) is 11.9 Å². The second-order valence-corrected chi connectivity index (χ2v) is 8.05. The second-order valence-electron chi connectivity index (χ2n) is 8.05. The average Bonchev–Trinajstić information content (AvgIpc) is 2.91. The van der Waals surface area contributed by atoms with Crippen molar-refractivity contribution in [2.24, 2.45) is 11.8 Å². The van der Waals surface area contributed by atoms with Gasteiger partial charge >= 0.3 is 11.9 Å². The van der Waals surface area contributed by atoms with E-state index in [0.717, 1.165) is 25.2 Å². The Bertz CT molecular complexity index is 364. The van der Waals surface area contributed by atoms with Crippen LogP contribution in [0.2, 0.25) is 0 Å². The Kier molecular flexibility index (Phi) is 12.7. The maximum Gasteiger partial charge on any atom is 0.317 e. The van der Waals surface area contributed by atoms with Crippen molar-refractivity contribution in [1.29, 1.82) is 0 Å². The van der Waals surface area contributed by atoms with Crippen LogP contribution in [0.3, 0.4) is 0 Å². The number of esters is 2. The molecule has 0 radical (unpaired) electrons. The fraction of sp³-hybridized carbons (Fsp3) is 0.909. The largest absolute Gasteiger partial charge is 0.393 e. The second kappa shape index (κ2) is 14.3. The predicted molar refractivity (Wildman–Crippen MR) is 103 cm³/mol. The van der Waals surface area contributed by atoms with Gasteiger partial charge in [-0.25, -0.2) is 0 Å². The van der Waals surface area contributed by atoms with E-state index in [1.807, 2.05) is 0 Å². The summed E-state index contributed by atoms with van der Waals surface area (Å²) in [5.41, 5.74) is 0. The first-order valence-electron chi connectivity index (χ1n) is 10.9. The molecule has 3 heteroatoms. The van der Waals surface area contributed by atoms with Gasteiger partial charge in [0.25, 0.3) is 0 Å². The minimum absolute atomic E-state index is 0.162. The zero-order valence-corrected chi connectivity index (χ0v) is 16.7. The van der Waals surface area contributed by atoms with Gasteiger partial charge in [-0.05, 0) is 12.3 Å². The summed E-state index contributed by atoms with van der Waals surface area (Å²) in [6, 6.07) is 0. The molecule has 3 nitrogen and oxygen atoms in total. The summed E-state index contributed by atoms with van der Waals surface area (Å²) in [6.45, 7) is 4.62. The van der Waals surface area contributed by atoms with Crippen molar-refractivity contribution < 1.29 is 14.3 Å². The van der Waals surface area contributed by atoms with Crippen LogP contribution in [-0.2, 0) is 14.3 Å². The highest BCUT2D eigenvalue weighted by Crippen LogP contribution is 2.24. The van der Waals surface area contributed by atoms with E-state index in [-0.39, 0.29) is 17.9 Å². The van der Waals surface area contributed by atoms with Gasteiger partial charge in [0.2, 0.25) is 0 Å². The van der Waals surface area contributed by atoms with Crippen LogP contribution in [0.1, 0.15) is 117 Å². The number of carbonyl (C=O) groups excluding carboxylic acids is 2. The number of hydrogen-bond acceptors (Lipinski definition) is 3. The minimum Gasteiger partial charge on any atom is -0.393 e. The molecule has 0 bridgehead atoms. The van der Waals surface area contributed by atoms with E-state index >= 15 is 0 Å². The van der Waals surface area contributed by atoms with Crippen LogP contribution in [0.15, 0.2) is 0 Å². The number of rotatable bonds is 16. The normalized spacial score (nSPS) is 18.6. The molecule has 1 saturated heterocycles. The topological polar surface area (TPSA) is 43.4 Å². The van der Waals surface area contributed by atoms with E-state index in [2.05, 4.69) is 18.6 Å². The maximum absolute atomic E-state index is 11.4. The van der Waals surface area contributed by atoms with Gasteiger partial charge in [0.05, 0.1) is 12.3 Å². The van der Waals surface area contributed by atoms with Crippen LogP contribution in [0, 0.1) is 11.8 Å². The van der Waals surface area contributed by atoms with Crippen LogP contribution < -0.4 is 0 Å². The summed E-state index contributed by atoms with van der Waals surface area (Å²) in [6.07, 6.45) is 19.9. The summed E-state index contributed by atoms with van der Waals surface area (Å²) in [4.78, 5) is 22.4. The molecular weight excluding hydrogens is 312 g/mol. The molecule has 1 heterocycles. The Morgan fingerprint density at radius 3 is 1.88 bits per heavy atom. The average molecular weight is 353 g/mol. The molecule has 0 N–H and O–H groups in total. The molecule has 0 aliphatic carbocycles. The number of unbranched alkanes of at least 4 members (excludes halogenated alkanes) is 10. The molecule has 2 atom stereocenters. The van der Waals surface area contributed by atoms with Gasteiger partial charge in [-0.15, -0.1) is 0 Å². The molecule has 0 aromatic carbocycles. The first kappa shape index (κ1) is 22.2. The molecule has 0 amide bonds. The smallest absolute Gasteiger partial charge is 0.317 e. The summed E-state index contributed by atoms with van der Waals surface area (Å²) in [7, 11) is 0.